The van der Waals surface area contributed by atoms with Crippen LogP contribution in [0.15, 0.2) is 28.7 Å². The summed E-state index contributed by atoms with van der Waals surface area (Å²) in [7, 11) is 0. The molecule has 0 aliphatic rings. The summed E-state index contributed by atoms with van der Waals surface area (Å²) in [5, 5.41) is 3.36. The number of nitrogens with one attached hydrogen (secondary N) is 1. The second-order valence-corrected chi connectivity index (χ2v) is 4.10. The molecular weight excluding hydrogens is 238 g/mol. The maximum Gasteiger partial charge on any atom is 0.0292 e. The molecule has 0 amide bonds. The molecule has 1 aromatic rings. The topological polar surface area (TPSA) is 12.0 Å². The quantitative estimate of drug-likeness (QED) is 0.641. The molecule has 1 N–H and O–H groups in total. The molecule has 0 aromatic heterocycles. The average Bonchev–Trinajstić information content (AvgIpc) is 2.19. The maximum absolute atomic E-state index is 5.18. The molecular formula is C12H14BrN. The Balaban J connectivity index is 2.48. The van der Waals surface area contributed by atoms with Gasteiger partial charge in [-0.25, -0.2) is 0 Å². The summed E-state index contributed by atoms with van der Waals surface area (Å²) < 4.78 is 1.11. The van der Waals surface area contributed by atoms with Gasteiger partial charge in [0.1, 0.15) is 0 Å². The van der Waals surface area contributed by atoms with Crippen LogP contribution in [0.5, 0.6) is 0 Å². The molecule has 1 unspecified atom stereocenters. The van der Waals surface area contributed by atoms with E-state index in [1.807, 2.05) is 0 Å². The van der Waals surface area contributed by atoms with E-state index in [2.05, 4.69) is 58.4 Å². The maximum atomic E-state index is 5.18. The van der Waals surface area contributed by atoms with Gasteiger partial charge >= 0.3 is 0 Å². The smallest absolute Gasteiger partial charge is 0.0292 e. The molecule has 0 saturated heterocycles. The number of halogens is 1. The van der Waals surface area contributed by atoms with Gasteiger partial charge in [0.2, 0.25) is 0 Å². The Morgan fingerprint density at radius 2 is 2.07 bits per heavy atom. The molecule has 1 nitrogen and oxygen atoms in total. The first-order valence-electron chi connectivity index (χ1n) is 4.66. The highest BCUT2D eigenvalue weighted by molar-refractivity contribution is 9.10. The standard InChI is InChI=1S/C12H14BrN/c1-3-4-9-14-10(2)11-5-7-12(13)8-6-11/h1,5-8,10,14H,4,9H2,2H3. The van der Waals surface area contributed by atoms with Crippen molar-refractivity contribution in [3.63, 3.8) is 0 Å². The first-order valence-corrected chi connectivity index (χ1v) is 5.45. The number of hydrogen-bond acceptors (Lipinski definition) is 1. The van der Waals surface area contributed by atoms with Crippen LogP contribution in [0.2, 0.25) is 0 Å². The van der Waals surface area contributed by atoms with Crippen molar-refractivity contribution >= 4 is 15.9 Å². The van der Waals surface area contributed by atoms with E-state index < -0.39 is 0 Å². The summed E-state index contributed by atoms with van der Waals surface area (Å²) >= 11 is 3.41. The van der Waals surface area contributed by atoms with Crippen LogP contribution in [0, 0.1) is 12.3 Å². The molecule has 0 heterocycles. The Kier molecular flexibility index (Phi) is 4.72. The molecule has 0 spiro atoms. The molecule has 0 aliphatic heterocycles. The average molecular weight is 252 g/mol. The predicted octanol–water partition coefficient (Wildman–Crippen LogP) is 3.12. The second-order valence-electron chi connectivity index (χ2n) is 3.18. The van der Waals surface area contributed by atoms with Gasteiger partial charge in [0.05, 0.1) is 0 Å². The second kappa shape index (κ2) is 5.85. The fourth-order valence-electron chi connectivity index (χ4n) is 1.23. The van der Waals surface area contributed by atoms with Gasteiger partial charge in [0.15, 0.2) is 0 Å². The van der Waals surface area contributed by atoms with Gasteiger partial charge in [-0.3, -0.25) is 0 Å². The summed E-state index contributed by atoms with van der Waals surface area (Å²) in [5.41, 5.74) is 1.28. The third-order valence-electron chi connectivity index (χ3n) is 2.09. The molecule has 0 fully saturated rings. The number of benzene rings is 1. The zero-order valence-electron chi connectivity index (χ0n) is 8.26. The highest BCUT2D eigenvalue weighted by atomic mass is 79.9. The van der Waals surface area contributed by atoms with Crippen LogP contribution in [-0.2, 0) is 0 Å². The van der Waals surface area contributed by atoms with E-state index >= 15 is 0 Å². The molecule has 74 valence electrons. The predicted molar refractivity (Wildman–Crippen MR) is 64.0 cm³/mol. The first-order chi connectivity index (χ1) is 6.74. The summed E-state index contributed by atoms with van der Waals surface area (Å²) in [5.74, 6) is 2.61. The van der Waals surface area contributed by atoms with Crippen LogP contribution in [0.4, 0.5) is 0 Å². The van der Waals surface area contributed by atoms with Gasteiger partial charge in [-0.1, -0.05) is 28.1 Å². The van der Waals surface area contributed by atoms with Gasteiger partial charge in [-0.2, -0.15) is 0 Å². The van der Waals surface area contributed by atoms with E-state index in [4.69, 9.17) is 6.42 Å². The van der Waals surface area contributed by atoms with E-state index in [1.54, 1.807) is 0 Å². The van der Waals surface area contributed by atoms with Crippen molar-refractivity contribution in [3.05, 3.63) is 34.3 Å². The lowest BCUT2D eigenvalue weighted by Crippen LogP contribution is -2.19. The lowest BCUT2D eigenvalue weighted by atomic mass is 10.1. The molecule has 0 aliphatic carbocycles. The Labute approximate surface area is 94.0 Å². The van der Waals surface area contributed by atoms with Crippen molar-refractivity contribution in [3.8, 4) is 12.3 Å². The lowest BCUT2D eigenvalue weighted by Gasteiger charge is -2.13. The molecule has 0 radical (unpaired) electrons. The molecule has 1 aromatic carbocycles. The molecule has 0 bridgehead atoms. The lowest BCUT2D eigenvalue weighted by molar-refractivity contribution is 0.584. The van der Waals surface area contributed by atoms with E-state index in [-0.39, 0.29) is 0 Å². The van der Waals surface area contributed by atoms with Gasteiger partial charge in [-0.15, -0.1) is 12.3 Å². The summed E-state index contributed by atoms with van der Waals surface area (Å²) in [6.07, 6.45) is 5.96. The zero-order chi connectivity index (χ0) is 10.4. The SMILES string of the molecule is C#CCCNC(C)c1ccc(Br)cc1. The van der Waals surface area contributed by atoms with Crippen molar-refractivity contribution in [2.75, 3.05) is 6.54 Å². The van der Waals surface area contributed by atoms with Crippen LogP contribution < -0.4 is 5.32 Å². The van der Waals surface area contributed by atoms with Gasteiger partial charge < -0.3 is 5.32 Å². The zero-order valence-corrected chi connectivity index (χ0v) is 9.84. The minimum Gasteiger partial charge on any atom is -0.309 e. The van der Waals surface area contributed by atoms with Gasteiger partial charge in [-0.05, 0) is 24.6 Å². The van der Waals surface area contributed by atoms with Crippen molar-refractivity contribution in [2.45, 2.75) is 19.4 Å². The van der Waals surface area contributed by atoms with Crippen molar-refractivity contribution < 1.29 is 0 Å². The fourth-order valence-corrected chi connectivity index (χ4v) is 1.49. The van der Waals surface area contributed by atoms with E-state index in [0.717, 1.165) is 17.4 Å². The van der Waals surface area contributed by atoms with Crippen molar-refractivity contribution in [1.29, 1.82) is 0 Å². The van der Waals surface area contributed by atoms with Gasteiger partial charge in [0, 0.05) is 23.5 Å². The third kappa shape index (κ3) is 3.53. The molecule has 14 heavy (non-hydrogen) atoms. The van der Waals surface area contributed by atoms with E-state index in [1.165, 1.54) is 5.56 Å². The first kappa shape index (κ1) is 11.3. The summed E-state index contributed by atoms with van der Waals surface area (Å²) in [6.45, 7) is 3.01. The van der Waals surface area contributed by atoms with Crippen LogP contribution in [-0.4, -0.2) is 6.54 Å². The summed E-state index contributed by atoms with van der Waals surface area (Å²) in [6, 6.07) is 8.68. The van der Waals surface area contributed by atoms with Gasteiger partial charge in [0.25, 0.3) is 0 Å². The number of rotatable bonds is 4. The minimum atomic E-state index is 0.358. The largest absolute Gasteiger partial charge is 0.309 e. The third-order valence-corrected chi connectivity index (χ3v) is 2.62. The summed E-state index contributed by atoms with van der Waals surface area (Å²) in [4.78, 5) is 0. The van der Waals surface area contributed by atoms with Crippen LogP contribution in [0.1, 0.15) is 24.9 Å². The monoisotopic (exact) mass is 251 g/mol. The molecule has 1 rings (SSSR count). The fraction of sp³-hybridized carbons (Fsp3) is 0.333. The van der Waals surface area contributed by atoms with Crippen LogP contribution in [0.3, 0.4) is 0 Å². The van der Waals surface area contributed by atoms with E-state index in [9.17, 15) is 0 Å². The Hall–Kier alpha value is -0.780. The van der Waals surface area contributed by atoms with E-state index in [0.29, 0.717) is 6.04 Å². The normalized spacial score (nSPS) is 12.1. The molecule has 2 heteroatoms. The van der Waals surface area contributed by atoms with Crippen LogP contribution >= 0.6 is 15.9 Å². The highest BCUT2D eigenvalue weighted by Gasteiger charge is 2.02. The Morgan fingerprint density at radius 3 is 2.64 bits per heavy atom. The minimum absolute atomic E-state index is 0.358. The molecule has 1 atom stereocenters. The van der Waals surface area contributed by atoms with Crippen molar-refractivity contribution in [2.24, 2.45) is 0 Å². The van der Waals surface area contributed by atoms with Crippen LogP contribution in [0.25, 0.3) is 0 Å². The Bertz CT molecular complexity index is 310. The molecule has 0 saturated carbocycles. The number of hydrogen-bond donors (Lipinski definition) is 1. The highest BCUT2D eigenvalue weighted by Crippen LogP contribution is 2.16. The Morgan fingerprint density at radius 1 is 1.43 bits per heavy atom. The van der Waals surface area contributed by atoms with Crippen molar-refractivity contribution in [1.82, 2.24) is 5.32 Å². The number of terminal acetylenes is 1.